The van der Waals surface area contributed by atoms with Gasteiger partial charge in [-0.1, -0.05) is 54.1 Å². The van der Waals surface area contributed by atoms with Crippen LogP contribution in [-0.2, 0) is 6.54 Å². The van der Waals surface area contributed by atoms with Crippen LogP contribution in [0.3, 0.4) is 0 Å². The summed E-state index contributed by atoms with van der Waals surface area (Å²) < 4.78 is 0. The van der Waals surface area contributed by atoms with Crippen LogP contribution in [0.25, 0.3) is 11.3 Å². The van der Waals surface area contributed by atoms with E-state index in [2.05, 4.69) is 56.4 Å². The van der Waals surface area contributed by atoms with Gasteiger partial charge in [0.25, 0.3) is 0 Å². The minimum absolute atomic E-state index is 0.748. The average Bonchev–Trinajstić information content (AvgIpc) is 3.14. The Hall–Kier alpha value is -2.30. The number of halogens is 1. The summed E-state index contributed by atoms with van der Waals surface area (Å²) in [5.41, 5.74) is 3.50. The normalized spacial score (nSPS) is 15.5. The van der Waals surface area contributed by atoms with Crippen molar-refractivity contribution in [2.24, 2.45) is 0 Å². The molecule has 0 amide bonds. The van der Waals surface area contributed by atoms with Crippen molar-refractivity contribution in [3.8, 4) is 11.3 Å². The predicted molar refractivity (Wildman–Crippen MR) is 103 cm³/mol. The number of benzene rings is 2. The molecular formula is C20H21ClN4. The molecule has 2 aromatic carbocycles. The van der Waals surface area contributed by atoms with Crippen LogP contribution < -0.4 is 4.90 Å². The molecule has 4 nitrogen and oxygen atoms in total. The van der Waals surface area contributed by atoms with E-state index < -0.39 is 0 Å². The van der Waals surface area contributed by atoms with E-state index in [1.165, 1.54) is 5.56 Å². The standard InChI is InChI=1S/C20H21ClN4/c21-18-8-6-17(7-9-18)19-14-20(23-22-19)25-12-10-24(11-13-25)15-16-4-2-1-3-5-16/h1-9,14H,10-13,15H2,(H,22,23). The third-order valence-corrected chi connectivity index (χ3v) is 4.92. The third kappa shape index (κ3) is 3.86. The summed E-state index contributed by atoms with van der Waals surface area (Å²) in [6.45, 7) is 5.12. The highest BCUT2D eigenvalue weighted by molar-refractivity contribution is 6.30. The summed E-state index contributed by atoms with van der Waals surface area (Å²) >= 11 is 5.96. The maximum absolute atomic E-state index is 5.96. The van der Waals surface area contributed by atoms with Gasteiger partial charge < -0.3 is 4.90 Å². The fourth-order valence-electron chi connectivity index (χ4n) is 3.23. The van der Waals surface area contributed by atoms with Gasteiger partial charge in [-0.05, 0) is 23.3 Å². The molecule has 5 heteroatoms. The molecule has 1 N–H and O–H groups in total. The van der Waals surface area contributed by atoms with Gasteiger partial charge in [-0.3, -0.25) is 10.00 Å². The minimum atomic E-state index is 0.748. The van der Waals surface area contributed by atoms with Gasteiger partial charge in [0.1, 0.15) is 0 Å². The van der Waals surface area contributed by atoms with Gasteiger partial charge in [-0.2, -0.15) is 5.10 Å². The van der Waals surface area contributed by atoms with Gasteiger partial charge in [0.2, 0.25) is 0 Å². The SMILES string of the molecule is Clc1ccc(-c2cc(N3CCN(Cc4ccccc4)CC3)n[nH]2)cc1. The number of hydrogen-bond donors (Lipinski definition) is 1. The first-order chi connectivity index (χ1) is 12.3. The van der Waals surface area contributed by atoms with Crippen LogP contribution in [0.1, 0.15) is 5.56 Å². The second-order valence-corrected chi connectivity index (χ2v) is 6.83. The smallest absolute Gasteiger partial charge is 0.151 e. The van der Waals surface area contributed by atoms with E-state index >= 15 is 0 Å². The zero-order chi connectivity index (χ0) is 17.1. The van der Waals surface area contributed by atoms with Crippen molar-refractivity contribution in [1.29, 1.82) is 0 Å². The average molecular weight is 353 g/mol. The van der Waals surface area contributed by atoms with E-state index in [0.29, 0.717) is 0 Å². The molecule has 1 aliphatic heterocycles. The fraction of sp³-hybridized carbons (Fsp3) is 0.250. The molecule has 0 atom stereocenters. The van der Waals surface area contributed by atoms with Crippen molar-refractivity contribution in [3.63, 3.8) is 0 Å². The maximum atomic E-state index is 5.96. The molecule has 0 spiro atoms. The van der Waals surface area contributed by atoms with Crippen molar-refractivity contribution in [2.45, 2.75) is 6.54 Å². The molecule has 0 unspecified atom stereocenters. The Morgan fingerprint density at radius 1 is 0.920 bits per heavy atom. The zero-order valence-electron chi connectivity index (χ0n) is 14.0. The second kappa shape index (κ2) is 7.30. The van der Waals surface area contributed by atoms with Gasteiger partial charge in [-0.25, -0.2) is 0 Å². The summed E-state index contributed by atoms with van der Waals surface area (Å²) in [6.07, 6.45) is 0. The zero-order valence-corrected chi connectivity index (χ0v) is 14.8. The van der Waals surface area contributed by atoms with Gasteiger partial charge in [0, 0.05) is 43.8 Å². The number of rotatable bonds is 4. The summed E-state index contributed by atoms with van der Waals surface area (Å²) in [4.78, 5) is 4.84. The fourth-order valence-corrected chi connectivity index (χ4v) is 3.35. The Kier molecular flexibility index (Phi) is 4.72. The Morgan fingerprint density at radius 3 is 2.36 bits per heavy atom. The molecule has 25 heavy (non-hydrogen) atoms. The first-order valence-corrected chi connectivity index (χ1v) is 8.98. The van der Waals surface area contributed by atoms with Crippen LogP contribution in [0, 0.1) is 0 Å². The van der Waals surface area contributed by atoms with Crippen molar-refractivity contribution in [2.75, 3.05) is 31.1 Å². The van der Waals surface area contributed by atoms with E-state index in [0.717, 1.165) is 54.8 Å². The summed E-state index contributed by atoms with van der Waals surface area (Å²) in [5.74, 6) is 1.02. The van der Waals surface area contributed by atoms with Crippen molar-refractivity contribution in [3.05, 3.63) is 71.2 Å². The number of aromatic nitrogens is 2. The van der Waals surface area contributed by atoms with Crippen LogP contribution in [0.5, 0.6) is 0 Å². The van der Waals surface area contributed by atoms with E-state index in [1.54, 1.807) is 0 Å². The Labute approximate surface area is 153 Å². The van der Waals surface area contributed by atoms with Crippen LogP contribution in [0.2, 0.25) is 5.02 Å². The lowest BCUT2D eigenvalue weighted by atomic mass is 10.1. The third-order valence-electron chi connectivity index (χ3n) is 4.66. The highest BCUT2D eigenvalue weighted by Crippen LogP contribution is 2.24. The van der Waals surface area contributed by atoms with Crippen molar-refractivity contribution in [1.82, 2.24) is 15.1 Å². The van der Waals surface area contributed by atoms with E-state index in [1.807, 2.05) is 24.3 Å². The van der Waals surface area contributed by atoms with Crippen molar-refractivity contribution < 1.29 is 0 Å². The molecule has 1 fully saturated rings. The van der Waals surface area contributed by atoms with Crippen LogP contribution in [0.4, 0.5) is 5.82 Å². The lowest BCUT2D eigenvalue weighted by Crippen LogP contribution is -2.46. The second-order valence-electron chi connectivity index (χ2n) is 6.40. The number of anilines is 1. The van der Waals surface area contributed by atoms with Crippen LogP contribution in [-0.4, -0.2) is 41.3 Å². The number of aromatic amines is 1. The molecular weight excluding hydrogens is 332 g/mol. The summed E-state index contributed by atoms with van der Waals surface area (Å²) in [7, 11) is 0. The Morgan fingerprint density at radius 2 is 1.64 bits per heavy atom. The van der Waals surface area contributed by atoms with Gasteiger partial charge in [0.05, 0.1) is 5.69 Å². The number of H-pyrrole nitrogens is 1. The summed E-state index contributed by atoms with van der Waals surface area (Å²) in [5, 5.41) is 8.39. The lowest BCUT2D eigenvalue weighted by Gasteiger charge is -2.34. The highest BCUT2D eigenvalue weighted by Gasteiger charge is 2.19. The monoisotopic (exact) mass is 352 g/mol. The molecule has 2 heterocycles. The molecule has 1 aromatic heterocycles. The largest absolute Gasteiger partial charge is 0.353 e. The van der Waals surface area contributed by atoms with Gasteiger partial charge >= 0.3 is 0 Å². The maximum Gasteiger partial charge on any atom is 0.151 e. The topological polar surface area (TPSA) is 35.2 Å². The number of nitrogens with zero attached hydrogens (tertiary/aromatic N) is 3. The van der Waals surface area contributed by atoms with E-state index in [4.69, 9.17) is 11.6 Å². The van der Waals surface area contributed by atoms with E-state index in [-0.39, 0.29) is 0 Å². The minimum Gasteiger partial charge on any atom is -0.353 e. The lowest BCUT2D eigenvalue weighted by molar-refractivity contribution is 0.249. The molecule has 128 valence electrons. The highest BCUT2D eigenvalue weighted by atomic mass is 35.5. The quantitative estimate of drug-likeness (QED) is 0.769. The molecule has 1 saturated heterocycles. The Balaban J connectivity index is 1.37. The number of nitrogens with one attached hydrogen (secondary N) is 1. The first kappa shape index (κ1) is 16.2. The molecule has 0 aliphatic carbocycles. The molecule has 3 aromatic rings. The summed E-state index contributed by atoms with van der Waals surface area (Å²) in [6, 6.07) is 20.6. The number of hydrogen-bond acceptors (Lipinski definition) is 3. The predicted octanol–water partition coefficient (Wildman–Crippen LogP) is 4.05. The van der Waals surface area contributed by atoms with Crippen molar-refractivity contribution >= 4 is 17.4 Å². The first-order valence-electron chi connectivity index (χ1n) is 8.60. The molecule has 0 saturated carbocycles. The molecule has 4 rings (SSSR count). The number of piperazine rings is 1. The molecule has 0 radical (unpaired) electrons. The Bertz CT molecular complexity index is 805. The van der Waals surface area contributed by atoms with E-state index in [9.17, 15) is 0 Å². The van der Waals surface area contributed by atoms with Crippen LogP contribution in [0.15, 0.2) is 60.7 Å². The molecule has 1 aliphatic rings. The van der Waals surface area contributed by atoms with Crippen LogP contribution >= 0.6 is 11.6 Å². The van der Waals surface area contributed by atoms with Gasteiger partial charge in [0.15, 0.2) is 5.82 Å². The molecule has 0 bridgehead atoms. The van der Waals surface area contributed by atoms with Gasteiger partial charge in [-0.15, -0.1) is 0 Å².